The van der Waals surface area contributed by atoms with Gasteiger partial charge in [0, 0.05) is 34.7 Å². The minimum Gasteiger partial charge on any atom is -0.494 e. The smallest absolute Gasteiger partial charge is 0.223 e. The van der Waals surface area contributed by atoms with Gasteiger partial charge in [-0.3, -0.25) is 4.98 Å². The van der Waals surface area contributed by atoms with Crippen LogP contribution in [0, 0.1) is 6.92 Å². The van der Waals surface area contributed by atoms with Gasteiger partial charge in [0.25, 0.3) is 0 Å². The maximum Gasteiger partial charge on any atom is 0.223 e. The van der Waals surface area contributed by atoms with Crippen molar-refractivity contribution in [2.24, 2.45) is 5.73 Å². The third kappa shape index (κ3) is 3.18. The zero-order chi connectivity index (χ0) is 21.9. The van der Waals surface area contributed by atoms with E-state index in [0.29, 0.717) is 28.8 Å². The monoisotopic (exact) mass is 417 g/mol. The third-order valence-electron chi connectivity index (χ3n) is 6.27. The molecule has 1 aromatic carbocycles. The molecule has 8 heteroatoms. The number of para-hydroxylation sites is 1. The third-order valence-corrected chi connectivity index (χ3v) is 6.27. The molecular weight excluding hydrogens is 390 g/mol. The predicted octanol–water partition coefficient (Wildman–Crippen LogP) is 3.43. The molecule has 8 nitrogen and oxygen atoms in total. The molecule has 0 atom stereocenters. The Bertz CT molecular complexity index is 1300. The summed E-state index contributed by atoms with van der Waals surface area (Å²) in [5.41, 5.74) is 16.8. The minimum atomic E-state index is -0.391. The Morgan fingerprint density at radius 3 is 2.61 bits per heavy atom. The Kier molecular flexibility index (Phi) is 4.37. The number of nitrogens with two attached hydrogens (primary N) is 2. The molecule has 3 aromatic heterocycles. The molecule has 0 radical (unpaired) electrons. The van der Waals surface area contributed by atoms with E-state index in [-0.39, 0.29) is 5.92 Å². The first-order valence-electron chi connectivity index (χ1n) is 10.5. The van der Waals surface area contributed by atoms with Crippen LogP contribution in [-0.4, -0.2) is 31.7 Å². The number of ether oxygens (including phenoxy) is 1. The van der Waals surface area contributed by atoms with Crippen LogP contribution in [0.2, 0.25) is 0 Å². The van der Waals surface area contributed by atoms with Crippen LogP contribution < -0.4 is 16.2 Å². The van der Waals surface area contributed by atoms with Crippen molar-refractivity contribution in [3.05, 3.63) is 53.1 Å². The zero-order valence-electron chi connectivity index (χ0n) is 18.3. The van der Waals surface area contributed by atoms with E-state index in [0.717, 1.165) is 35.3 Å². The molecule has 1 saturated carbocycles. The van der Waals surface area contributed by atoms with Crippen molar-refractivity contribution in [2.75, 3.05) is 12.8 Å². The van der Waals surface area contributed by atoms with E-state index in [4.69, 9.17) is 26.2 Å². The number of hydrogen-bond acceptors (Lipinski definition) is 7. The Morgan fingerprint density at radius 1 is 1.16 bits per heavy atom. The fraction of sp³-hybridized carbons (Fsp3) is 0.391. The molecule has 4 N–H and O–H groups in total. The SMILES string of the molecule is COc1cccc2c1nc(N)n1nc(C3CC(c4cc(C)c(C(C)(C)N)cn4)C3)nc21. The summed E-state index contributed by atoms with van der Waals surface area (Å²) in [7, 11) is 1.62. The van der Waals surface area contributed by atoms with Crippen molar-refractivity contribution < 1.29 is 4.74 Å². The van der Waals surface area contributed by atoms with Gasteiger partial charge in [0.15, 0.2) is 11.5 Å². The number of pyridine rings is 1. The zero-order valence-corrected chi connectivity index (χ0v) is 18.3. The van der Waals surface area contributed by atoms with Gasteiger partial charge in [-0.2, -0.15) is 4.52 Å². The summed E-state index contributed by atoms with van der Waals surface area (Å²) >= 11 is 0. The molecule has 4 aromatic rings. The van der Waals surface area contributed by atoms with Crippen LogP contribution in [0.15, 0.2) is 30.5 Å². The second kappa shape index (κ2) is 6.88. The fourth-order valence-electron chi connectivity index (χ4n) is 4.53. The molecule has 0 spiro atoms. The Morgan fingerprint density at radius 2 is 1.94 bits per heavy atom. The second-order valence-corrected chi connectivity index (χ2v) is 9.04. The maximum absolute atomic E-state index is 6.25. The first-order chi connectivity index (χ1) is 14.8. The van der Waals surface area contributed by atoms with Crippen molar-refractivity contribution in [3.8, 4) is 5.75 Å². The van der Waals surface area contributed by atoms with Crippen LogP contribution >= 0.6 is 0 Å². The number of fused-ring (bicyclic) bond motifs is 3. The van der Waals surface area contributed by atoms with Gasteiger partial charge in [-0.15, -0.1) is 5.10 Å². The lowest BCUT2D eigenvalue weighted by atomic mass is 9.72. The van der Waals surface area contributed by atoms with Gasteiger partial charge in [-0.1, -0.05) is 6.07 Å². The number of rotatable bonds is 4. The minimum absolute atomic E-state index is 0.276. The highest BCUT2D eigenvalue weighted by atomic mass is 16.5. The van der Waals surface area contributed by atoms with Crippen LogP contribution in [-0.2, 0) is 5.54 Å². The van der Waals surface area contributed by atoms with E-state index in [2.05, 4.69) is 23.1 Å². The van der Waals surface area contributed by atoms with Crippen LogP contribution in [0.5, 0.6) is 5.75 Å². The average Bonchev–Trinajstić information content (AvgIpc) is 3.11. The summed E-state index contributed by atoms with van der Waals surface area (Å²) in [6.45, 7) is 6.11. The number of aryl methyl sites for hydroxylation is 1. The molecule has 3 heterocycles. The Balaban J connectivity index is 1.43. The number of nitrogens with zero attached hydrogens (tertiary/aromatic N) is 5. The summed E-state index contributed by atoms with van der Waals surface area (Å²) < 4.78 is 7.06. The molecule has 1 fully saturated rings. The van der Waals surface area contributed by atoms with E-state index in [1.165, 1.54) is 5.56 Å². The maximum atomic E-state index is 6.25. The van der Waals surface area contributed by atoms with Gasteiger partial charge >= 0.3 is 0 Å². The Hall–Kier alpha value is -3.26. The van der Waals surface area contributed by atoms with Gasteiger partial charge in [0.05, 0.1) is 7.11 Å². The van der Waals surface area contributed by atoms with E-state index >= 15 is 0 Å². The second-order valence-electron chi connectivity index (χ2n) is 9.04. The standard InChI is InChI=1S/C23H27N7O/c1-12-8-17(26-11-16(12)23(2,3)25)13-9-14(10-13)20-28-21-15-6-5-7-18(31-4)19(15)27-22(24)30(21)29-20/h5-8,11,13-14H,9-10,25H2,1-4H3,(H2,24,27). The molecule has 0 unspecified atom stereocenters. The van der Waals surface area contributed by atoms with E-state index in [9.17, 15) is 0 Å². The van der Waals surface area contributed by atoms with Gasteiger partial charge in [0.2, 0.25) is 5.95 Å². The number of hydrogen-bond donors (Lipinski definition) is 2. The first kappa shape index (κ1) is 19.7. The van der Waals surface area contributed by atoms with Crippen molar-refractivity contribution in [3.63, 3.8) is 0 Å². The molecule has 160 valence electrons. The lowest BCUT2D eigenvalue weighted by Gasteiger charge is -2.33. The number of benzene rings is 1. The number of anilines is 1. The summed E-state index contributed by atoms with van der Waals surface area (Å²) in [6, 6.07) is 7.93. The molecule has 1 aliphatic carbocycles. The van der Waals surface area contributed by atoms with Gasteiger partial charge in [-0.25, -0.2) is 9.97 Å². The van der Waals surface area contributed by atoms with E-state index in [1.807, 2.05) is 38.2 Å². The van der Waals surface area contributed by atoms with Crippen LogP contribution in [0.1, 0.15) is 61.2 Å². The van der Waals surface area contributed by atoms with Crippen LogP contribution in [0.3, 0.4) is 0 Å². The predicted molar refractivity (Wildman–Crippen MR) is 120 cm³/mol. The molecule has 5 rings (SSSR count). The summed E-state index contributed by atoms with van der Waals surface area (Å²) in [6.07, 6.45) is 3.85. The molecule has 31 heavy (non-hydrogen) atoms. The highest BCUT2D eigenvalue weighted by molar-refractivity contribution is 5.95. The van der Waals surface area contributed by atoms with Gasteiger partial charge < -0.3 is 16.2 Å². The van der Waals surface area contributed by atoms with Crippen LogP contribution in [0.4, 0.5) is 5.95 Å². The topological polar surface area (TPSA) is 117 Å². The van der Waals surface area contributed by atoms with Crippen molar-refractivity contribution in [1.29, 1.82) is 0 Å². The highest BCUT2D eigenvalue weighted by Crippen LogP contribution is 2.46. The normalized spacial score (nSPS) is 19.0. The molecule has 1 aliphatic rings. The van der Waals surface area contributed by atoms with Crippen molar-refractivity contribution in [2.45, 2.75) is 51.0 Å². The van der Waals surface area contributed by atoms with Crippen molar-refractivity contribution in [1.82, 2.24) is 24.6 Å². The summed E-state index contributed by atoms with van der Waals surface area (Å²) in [5, 5.41) is 5.55. The average molecular weight is 418 g/mol. The quantitative estimate of drug-likeness (QED) is 0.522. The van der Waals surface area contributed by atoms with Crippen LogP contribution in [0.25, 0.3) is 16.6 Å². The largest absolute Gasteiger partial charge is 0.494 e. The van der Waals surface area contributed by atoms with Gasteiger partial charge in [-0.05, 0) is 62.9 Å². The number of nitrogen functional groups attached to an aromatic ring is 1. The van der Waals surface area contributed by atoms with E-state index < -0.39 is 5.54 Å². The lowest BCUT2D eigenvalue weighted by molar-refractivity contribution is 0.332. The number of aromatic nitrogens is 5. The molecule has 0 saturated heterocycles. The number of methoxy groups -OCH3 is 1. The van der Waals surface area contributed by atoms with E-state index in [1.54, 1.807) is 11.6 Å². The Labute approximate surface area is 180 Å². The highest BCUT2D eigenvalue weighted by Gasteiger charge is 2.36. The molecule has 0 amide bonds. The van der Waals surface area contributed by atoms with Gasteiger partial charge in [0.1, 0.15) is 11.3 Å². The molecular formula is C23H27N7O. The fourth-order valence-corrected chi connectivity index (χ4v) is 4.53. The van der Waals surface area contributed by atoms with Crippen molar-refractivity contribution >= 4 is 22.5 Å². The summed E-state index contributed by atoms with van der Waals surface area (Å²) in [4.78, 5) is 14.0. The lowest BCUT2D eigenvalue weighted by Crippen LogP contribution is -2.30. The molecule has 0 aliphatic heterocycles. The first-order valence-corrected chi connectivity index (χ1v) is 10.5. The molecule has 0 bridgehead atoms. The summed E-state index contributed by atoms with van der Waals surface area (Å²) in [5.74, 6) is 2.45.